The SMILES string of the molecule is CC(=O)c1ccc2[nH]nc(N)c2c1.CCCCCCC(C)c1ccc(Cl)cc1. The average molecular weight is 400 g/mol. The molecule has 4 nitrogen and oxygen atoms in total. The fourth-order valence-electron chi connectivity index (χ4n) is 3.09. The first-order valence-corrected chi connectivity index (χ1v) is 10.3. The maximum absolute atomic E-state index is 11.1. The van der Waals surface area contributed by atoms with Gasteiger partial charge >= 0.3 is 0 Å². The summed E-state index contributed by atoms with van der Waals surface area (Å²) >= 11 is 5.86. The number of benzene rings is 2. The largest absolute Gasteiger partial charge is 0.382 e. The first-order valence-electron chi connectivity index (χ1n) is 9.92. The van der Waals surface area contributed by atoms with Crippen LogP contribution in [0.2, 0.25) is 5.02 Å². The molecule has 1 heterocycles. The van der Waals surface area contributed by atoms with Crippen molar-refractivity contribution in [3.8, 4) is 0 Å². The Balaban J connectivity index is 0.000000202. The van der Waals surface area contributed by atoms with Gasteiger partial charge in [-0.2, -0.15) is 5.10 Å². The fourth-order valence-corrected chi connectivity index (χ4v) is 3.21. The molecule has 2 aromatic carbocycles. The highest BCUT2D eigenvalue weighted by Crippen LogP contribution is 2.23. The Labute approximate surface area is 172 Å². The molecule has 0 spiro atoms. The van der Waals surface area contributed by atoms with E-state index in [0.717, 1.165) is 15.9 Å². The van der Waals surface area contributed by atoms with E-state index < -0.39 is 0 Å². The summed E-state index contributed by atoms with van der Waals surface area (Å²) in [5, 5.41) is 8.23. The topological polar surface area (TPSA) is 71.8 Å². The normalized spacial score (nSPS) is 11.7. The van der Waals surface area contributed by atoms with E-state index in [0.29, 0.717) is 17.3 Å². The molecular weight excluding hydrogens is 370 g/mol. The molecule has 1 unspecified atom stereocenters. The molecule has 1 atom stereocenters. The van der Waals surface area contributed by atoms with Gasteiger partial charge in [-0.05, 0) is 55.2 Å². The summed E-state index contributed by atoms with van der Waals surface area (Å²) in [4.78, 5) is 11.1. The highest BCUT2D eigenvalue weighted by atomic mass is 35.5. The number of ketones is 1. The van der Waals surface area contributed by atoms with Crippen molar-refractivity contribution in [1.82, 2.24) is 10.2 Å². The quantitative estimate of drug-likeness (QED) is 0.340. The summed E-state index contributed by atoms with van der Waals surface area (Å²) in [6.07, 6.45) is 6.69. The van der Waals surface area contributed by atoms with Crippen molar-refractivity contribution >= 4 is 34.1 Å². The lowest BCUT2D eigenvalue weighted by Gasteiger charge is -2.11. The molecule has 0 aliphatic heterocycles. The van der Waals surface area contributed by atoms with Crippen molar-refractivity contribution in [1.29, 1.82) is 0 Å². The van der Waals surface area contributed by atoms with Gasteiger partial charge in [0, 0.05) is 16.0 Å². The Morgan fingerprint density at radius 3 is 2.50 bits per heavy atom. The summed E-state index contributed by atoms with van der Waals surface area (Å²) in [5.74, 6) is 1.12. The summed E-state index contributed by atoms with van der Waals surface area (Å²) < 4.78 is 0. The first kappa shape index (κ1) is 22.0. The number of fused-ring (bicyclic) bond motifs is 1. The molecule has 0 aliphatic rings. The monoisotopic (exact) mass is 399 g/mol. The molecule has 5 heteroatoms. The summed E-state index contributed by atoms with van der Waals surface area (Å²) in [6, 6.07) is 13.6. The van der Waals surface area contributed by atoms with Crippen LogP contribution in [0.15, 0.2) is 42.5 Å². The van der Waals surface area contributed by atoms with Crippen molar-refractivity contribution < 1.29 is 4.79 Å². The van der Waals surface area contributed by atoms with Gasteiger partial charge in [0.2, 0.25) is 0 Å². The lowest BCUT2D eigenvalue weighted by molar-refractivity contribution is 0.101. The van der Waals surface area contributed by atoms with Crippen LogP contribution in [-0.2, 0) is 0 Å². The third-order valence-corrected chi connectivity index (χ3v) is 5.18. The van der Waals surface area contributed by atoms with Crippen LogP contribution in [0.3, 0.4) is 0 Å². The van der Waals surface area contributed by atoms with Gasteiger partial charge in [-0.15, -0.1) is 0 Å². The number of Topliss-reactive ketones (excluding diaryl/α,β-unsaturated/α-hetero) is 1. The van der Waals surface area contributed by atoms with Gasteiger partial charge in [0.05, 0.1) is 5.52 Å². The number of nitrogens with zero attached hydrogens (tertiary/aromatic N) is 1. The van der Waals surface area contributed by atoms with Gasteiger partial charge in [-0.1, -0.05) is 63.3 Å². The molecule has 150 valence electrons. The lowest BCUT2D eigenvalue weighted by atomic mass is 9.95. The molecule has 0 bridgehead atoms. The van der Waals surface area contributed by atoms with Crippen LogP contribution in [-0.4, -0.2) is 16.0 Å². The predicted molar refractivity (Wildman–Crippen MR) is 119 cm³/mol. The Kier molecular flexibility index (Phi) is 8.52. The van der Waals surface area contributed by atoms with Gasteiger partial charge in [0.15, 0.2) is 11.6 Å². The number of H-pyrrole nitrogens is 1. The number of nitrogens with two attached hydrogens (primary N) is 1. The summed E-state index contributed by atoms with van der Waals surface area (Å²) in [5.41, 5.74) is 8.51. The number of rotatable bonds is 7. The van der Waals surface area contributed by atoms with E-state index in [1.807, 2.05) is 12.1 Å². The highest BCUT2D eigenvalue weighted by Gasteiger charge is 2.05. The molecule has 0 saturated heterocycles. The van der Waals surface area contributed by atoms with E-state index in [2.05, 4.69) is 36.2 Å². The van der Waals surface area contributed by atoms with Crippen molar-refractivity contribution in [2.45, 2.75) is 58.8 Å². The first-order chi connectivity index (χ1) is 13.4. The van der Waals surface area contributed by atoms with Gasteiger partial charge in [-0.25, -0.2) is 0 Å². The van der Waals surface area contributed by atoms with Crippen molar-refractivity contribution in [3.05, 3.63) is 58.6 Å². The Bertz CT molecular complexity index is 887. The van der Waals surface area contributed by atoms with Gasteiger partial charge in [0.1, 0.15) is 0 Å². The third-order valence-electron chi connectivity index (χ3n) is 4.93. The molecule has 0 radical (unpaired) electrons. The van der Waals surface area contributed by atoms with Crippen LogP contribution in [0.1, 0.15) is 74.7 Å². The summed E-state index contributed by atoms with van der Waals surface area (Å²) in [7, 11) is 0. The molecule has 3 aromatic rings. The Morgan fingerprint density at radius 1 is 1.14 bits per heavy atom. The van der Waals surface area contributed by atoms with Crippen LogP contribution >= 0.6 is 11.6 Å². The molecule has 0 saturated carbocycles. The second-order valence-electron chi connectivity index (χ2n) is 7.23. The van der Waals surface area contributed by atoms with Crippen molar-refractivity contribution in [3.63, 3.8) is 0 Å². The number of aromatic amines is 1. The van der Waals surface area contributed by atoms with Crippen LogP contribution in [0.25, 0.3) is 10.9 Å². The van der Waals surface area contributed by atoms with E-state index in [9.17, 15) is 4.79 Å². The maximum atomic E-state index is 11.1. The molecule has 0 aliphatic carbocycles. The second-order valence-corrected chi connectivity index (χ2v) is 7.66. The fraction of sp³-hybridized carbons (Fsp3) is 0.391. The highest BCUT2D eigenvalue weighted by molar-refractivity contribution is 6.30. The van der Waals surface area contributed by atoms with E-state index in [1.54, 1.807) is 18.2 Å². The van der Waals surface area contributed by atoms with Crippen LogP contribution in [0.4, 0.5) is 5.82 Å². The molecule has 3 N–H and O–H groups in total. The number of halogens is 1. The van der Waals surface area contributed by atoms with Crippen LogP contribution < -0.4 is 5.73 Å². The number of carbonyl (C=O) groups is 1. The lowest BCUT2D eigenvalue weighted by Crippen LogP contribution is -1.93. The van der Waals surface area contributed by atoms with Gasteiger partial charge in [0.25, 0.3) is 0 Å². The Morgan fingerprint density at radius 2 is 1.86 bits per heavy atom. The number of nitrogen functional groups attached to an aromatic ring is 1. The van der Waals surface area contributed by atoms with Crippen LogP contribution in [0.5, 0.6) is 0 Å². The Hall–Kier alpha value is -2.33. The smallest absolute Gasteiger partial charge is 0.159 e. The zero-order valence-electron chi connectivity index (χ0n) is 17.0. The standard InChI is InChI=1S/C14H21Cl.C9H9N3O/c1-3-4-5-6-7-12(2)13-8-10-14(15)11-9-13;1-5(13)6-2-3-8-7(4-6)9(10)12-11-8/h8-12H,3-7H2,1-2H3;2-4H,1H3,(H3,10,11,12). The summed E-state index contributed by atoms with van der Waals surface area (Å²) in [6.45, 7) is 6.08. The average Bonchev–Trinajstić information content (AvgIpc) is 3.06. The van der Waals surface area contributed by atoms with E-state index in [4.69, 9.17) is 17.3 Å². The predicted octanol–water partition coefficient (Wildman–Crippen LogP) is 6.76. The molecular formula is C23H30ClN3O. The zero-order valence-corrected chi connectivity index (χ0v) is 17.7. The number of hydrogen-bond donors (Lipinski definition) is 2. The minimum absolute atomic E-state index is 0.0301. The van der Waals surface area contributed by atoms with E-state index in [-0.39, 0.29) is 5.78 Å². The van der Waals surface area contributed by atoms with Gasteiger partial charge in [-0.3, -0.25) is 9.89 Å². The number of anilines is 1. The minimum atomic E-state index is 0.0301. The molecule has 1 aromatic heterocycles. The molecule has 0 amide bonds. The molecule has 0 fully saturated rings. The molecule has 28 heavy (non-hydrogen) atoms. The minimum Gasteiger partial charge on any atom is -0.382 e. The zero-order chi connectivity index (χ0) is 20.5. The number of aromatic nitrogens is 2. The second kappa shape index (κ2) is 10.9. The van der Waals surface area contributed by atoms with Crippen LogP contribution in [0, 0.1) is 0 Å². The number of nitrogens with one attached hydrogen (secondary N) is 1. The third kappa shape index (κ3) is 6.38. The number of unbranched alkanes of at least 4 members (excludes halogenated alkanes) is 3. The van der Waals surface area contributed by atoms with Gasteiger partial charge < -0.3 is 5.73 Å². The number of carbonyl (C=O) groups excluding carboxylic acids is 1. The molecule has 3 rings (SSSR count). The van der Waals surface area contributed by atoms with E-state index in [1.165, 1.54) is 44.6 Å². The number of hydrogen-bond acceptors (Lipinski definition) is 3. The van der Waals surface area contributed by atoms with E-state index >= 15 is 0 Å². The van der Waals surface area contributed by atoms with Crippen molar-refractivity contribution in [2.75, 3.05) is 5.73 Å². The van der Waals surface area contributed by atoms with Crippen molar-refractivity contribution in [2.24, 2.45) is 0 Å². The maximum Gasteiger partial charge on any atom is 0.159 e.